The first kappa shape index (κ1) is 16.8. The van der Waals surface area contributed by atoms with Gasteiger partial charge in [-0.05, 0) is 18.8 Å². The molecular weight excluding hydrogens is 258 g/mol. The number of hydrogen-bond acceptors (Lipinski definition) is 4. The summed E-state index contributed by atoms with van der Waals surface area (Å²) >= 11 is 0. The molecule has 1 aliphatic carbocycles. The number of aliphatic imine (C=N–C) groups is 1. The van der Waals surface area contributed by atoms with Crippen molar-refractivity contribution < 1.29 is 14.3 Å². The van der Waals surface area contributed by atoms with Crippen molar-refractivity contribution in [3.63, 3.8) is 0 Å². The van der Waals surface area contributed by atoms with Crippen LogP contribution in [0.2, 0.25) is 0 Å². The molecule has 0 aromatic carbocycles. The first-order valence-corrected chi connectivity index (χ1v) is 7.15. The average molecular weight is 285 g/mol. The number of carbonyl (C=O) groups excluding carboxylic acids is 1. The second-order valence-corrected chi connectivity index (χ2v) is 5.29. The molecule has 0 aromatic heterocycles. The Kier molecular flexibility index (Phi) is 7.36. The third-order valence-electron chi connectivity index (χ3n) is 3.36. The smallest absolute Gasteiger partial charge is 0.310 e. The highest BCUT2D eigenvalue weighted by molar-refractivity contribution is 5.80. The highest BCUT2D eigenvalue weighted by Crippen LogP contribution is 2.28. The third-order valence-corrected chi connectivity index (χ3v) is 3.36. The van der Waals surface area contributed by atoms with Crippen LogP contribution in [-0.4, -0.2) is 64.3 Å². The van der Waals surface area contributed by atoms with Crippen molar-refractivity contribution >= 4 is 11.9 Å². The number of nitrogens with one attached hydrogen (secondary N) is 1. The van der Waals surface area contributed by atoms with E-state index in [4.69, 9.17) is 9.47 Å². The fourth-order valence-corrected chi connectivity index (χ4v) is 1.76. The fraction of sp³-hybridized carbons (Fsp3) is 0.857. The molecule has 116 valence electrons. The molecule has 6 heteroatoms. The van der Waals surface area contributed by atoms with Crippen molar-refractivity contribution in [2.45, 2.75) is 19.8 Å². The number of guanidine groups is 1. The zero-order chi connectivity index (χ0) is 15.0. The standard InChI is InChI=1S/C14H27N3O3/c1-11(13(18)19-4)9-16-14(15-2)17(3)7-8-20-10-12-5-6-12/h11-12H,5-10H2,1-4H3,(H,15,16). The van der Waals surface area contributed by atoms with Crippen molar-refractivity contribution in [1.82, 2.24) is 10.2 Å². The Morgan fingerprint density at radius 1 is 1.50 bits per heavy atom. The van der Waals surface area contributed by atoms with E-state index in [9.17, 15) is 4.79 Å². The lowest BCUT2D eigenvalue weighted by Gasteiger charge is -2.23. The summed E-state index contributed by atoms with van der Waals surface area (Å²) in [5.74, 6) is 1.13. The molecular formula is C14H27N3O3. The van der Waals surface area contributed by atoms with E-state index in [0.717, 1.165) is 25.0 Å². The number of hydrogen-bond donors (Lipinski definition) is 1. The number of esters is 1. The number of likely N-dealkylation sites (N-methyl/N-ethyl adjacent to an activating group) is 1. The molecule has 0 aromatic rings. The molecule has 6 nitrogen and oxygen atoms in total. The minimum atomic E-state index is -0.219. The van der Waals surface area contributed by atoms with Gasteiger partial charge in [-0.15, -0.1) is 0 Å². The van der Waals surface area contributed by atoms with Gasteiger partial charge in [-0.3, -0.25) is 9.79 Å². The van der Waals surface area contributed by atoms with E-state index in [0.29, 0.717) is 13.2 Å². The van der Waals surface area contributed by atoms with Gasteiger partial charge in [0, 0.05) is 33.8 Å². The fourth-order valence-electron chi connectivity index (χ4n) is 1.76. The lowest BCUT2D eigenvalue weighted by atomic mass is 10.2. The van der Waals surface area contributed by atoms with Gasteiger partial charge < -0.3 is 19.7 Å². The summed E-state index contributed by atoms with van der Waals surface area (Å²) < 4.78 is 10.3. The Morgan fingerprint density at radius 2 is 2.20 bits per heavy atom. The Bertz CT molecular complexity index is 330. The summed E-state index contributed by atoms with van der Waals surface area (Å²) in [6.07, 6.45) is 2.62. The molecule has 1 N–H and O–H groups in total. The number of ether oxygens (including phenoxy) is 2. The van der Waals surface area contributed by atoms with Crippen molar-refractivity contribution in [2.75, 3.05) is 47.5 Å². The number of carbonyl (C=O) groups is 1. The Labute approximate surface area is 121 Å². The minimum absolute atomic E-state index is 0.198. The summed E-state index contributed by atoms with van der Waals surface area (Å²) in [7, 11) is 5.09. The van der Waals surface area contributed by atoms with Crippen LogP contribution in [0.5, 0.6) is 0 Å². The van der Waals surface area contributed by atoms with Crippen molar-refractivity contribution in [2.24, 2.45) is 16.8 Å². The highest BCUT2D eigenvalue weighted by Gasteiger charge is 2.21. The van der Waals surface area contributed by atoms with E-state index in [-0.39, 0.29) is 11.9 Å². The summed E-state index contributed by atoms with van der Waals surface area (Å²) in [5.41, 5.74) is 0. The van der Waals surface area contributed by atoms with Gasteiger partial charge in [-0.2, -0.15) is 0 Å². The largest absolute Gasteiger partial charge is 0.469 e. The molecule has 0 saturated heterocycles. The first-order chi connectivity index (χ1) is 9.58. The van der Waals surface area contributed by atoms with Gasteiger partial charge in [0.05, 0.1) is 19.6 Å². The van der Waals surface area contributed by atoms with E-state index in [1.807, 2.05) is 18.9 Å². The SMILES string of the molecule is CN=C(NCC(C)C(=O)OC)N(C)CCOCC1CC1. The molecule has 0 amide bonds. The molecule has 1 unspecified atom stereocenters. The number of methoxy groups -OCH3 is 1. The van der Waals surface area contributed by atoms with Crippen LogP contribution >= 0.6 is 0 Å². The van der Waals surface area contributed by atoms with E-state index in [1.165, 1.54) is 20.0 Å². The van der Waals surface area contributed by atoms with E-state index < -0.39 is 0 Å². The normalized spacial score (nSPS) is 16.7. The molecule has 1 atom stereocenters. The predicted octanol–water partition coefficient (Wildman–Crippen LogP) is 0.729. The molecule has 1 saturated carbocycles. The Hall–Kier alpha value is -1.30. The highest BCUT2D eigenvalue weighted by atomic mass is 16.5. The molecule has 0 spiro atoms. The molecule has 1 aliphatic rings. The quantitative estimate of drug-likeness (QED) is 0.308. The molecule has 20 heavy (non-hydrogen) atoms. The zero-order valence-electron chi connectivity index (χ0n) is 13.0. The van der Waals surface area contributed by atoms with Gasteiger partial charge in [0.2, 0.25) is 0 Å². The molecule has 0 heterocycles. The second-order valence-electron chi connectivity index (χ2n) is 5.29. The summed E-state index contributed by atoms with van der Waals surface area (Å²) in [6.45, 7) is 4.68. The van der Waals surface area contributed by atoms with Crippen LogP contribution in [0.3, 0.4) is 0 Å². The molecule has 1 rings (SSSR count). The van der Waals surface area contributed by atoms with E-state index in [1.54, 1.807) is 7.05 Å². The predicted molar refractivity (Wildman–Crippen MR) is 78.7 cm³/mol. The minimum Gasteiger partial charge on any atom is -0.469 e. The average Bonchev–Trinajstić information content (AvgIpc) is 3.27. The van der Waals surface area contributed by atoms with Crippen LogP contribution in [0.1, 0.15) is 19.8 Å². The molecule has 0 radical (unpaired) electrons. The summed E-state index contributed by atoms with van der Waals surface area (Å²) in [5, 5.41) is 3.17. The maximum Gasteiger partial charge on any atom is 0.310 e. The molecule has 0 aliphatic heterocycles. The van der Waals surface area contributed by atoms with Crippen LogP contribution in [0.4, 0.5) is 0 Å². The van der Waals surface area contributed by atoms with Crippen LogP contribution in [0.25, 0.3) is 0 Å². The van der Waals surface area contributed by atoms with Gasteiger partial charge >= 0.3 is 5.97 Å². The van der Waals surface area contributed by atoms with Crippen molar-refractivity contribution in [1.29, 1.82) is 0 Å². The van der Waals surface area contributed by atoms with Crippen molar-refractivity contribution in [3.05, 3.63) is 0 Å². The summed E-state index contributed by atoms with van der Waals surface area (Å²) in [6, 6.07) is 0. The summed E-state index contributed by atoms with van der Waals surface area (Å²) in [4.78, 5) is 17.5. The zero-order valence-corrected chi connectivity index (χ0v) is 13.0. The van der Waals surface area contributed by atoms with Gasteiger partial charge in [-0.25, -0.2) is 0 Å². The lowest BCUT2D eigenvalue weighted by Crippen LogP contribution is -2.43. The molecule has 0 bridgehead atoms. The Balaban J connectivity index is 2.20. The number of nitrogens with zero attached hydrogens (tertiary/aromatic N) is 2. The van der Waals surface area contributed by atoms with Crippen LogP contribution in [-0.2, 0) is 14.3 Å². The van der Waals surface area contributed by atoms with E-state index >= 15 is 0 Å². The third kappa shape index (κ3) is 6.23. The van der Waals surface area contributed by atoms with Crippen LogP contribution < -0.4 is 5.32 Å². The van der Waals surface area contributed by atoms with Crippen LogP contribution in [0.15, 0.2) is 4.99 Å². The van der Waals surface area contributed by atoms with E-state index in [2.05, 4.69) is 10.3 Å². The lowest BCUT2D eigenvalue weighted by molar-refractivity contribution is -0.144. The van der Waals surface area contributed by atoms with Gasteiger partial charge in [0.15, 0.2) is 5.96 Å². The Morgan fingerprint density at radius 3 is 2.75 bits per heavy atom. The molecule has 1 fully saturated rings. The second kappa shape index (κ2) is 8.79. The maximum atomic E-state index is 11.3. The number of rotatable bonds is 8. The van der Waals surface area contributed by atoms with Gasteiger partial charge in [-0.1, -0.05) is 6.92 Å². The monoisotopic (exact) mass is 285 g/mol. The van der Waals surface area contributed by atoms with Gasteiger partial charge in [0.25, 0.3) is 0 Å². The first-order valence-electron chi connectivity index (χ1n) is 7.15. The topological polar surface area (TPSA) is 63.2 Å². The van der Waals surface area contributed by atoms with Crippen molar-refractivity contribution in [3.8, 4) is 0 Å². The maximum absolute atomic E-state index is 11.3. The van der Waals surface area contributed by atoms with Gasteiger partial charge in [0.1, 0.15) is 0 Å². The van der Waals surface area contributed by atoms with Crippen LogP contribution in [0, 0.1) is 11.8 Å².